The van der Waals surface area contributed by atoms with Gasteiger partial charge >= 0.3 is 5.69 Å². The smallest absolute Gasteiger partial charge is 0.328 e. The molecule has 1 fully saturated rings. The van der Waals surface area contributed by atoms with E-state index in [2.05, 4.69) is 4.98 Å². The summed E-state index contributed by atoms with van der Waals surface area (Å²) in [5.41, 5.74) is -0.243. The zero-order chi connectivity index (χ0) is 14.0. The lowest BCUT2D eigenvalue weighted by atomic mass is 10.1. The molecule has 106 valence electrons. The standard InChI is InChI=1S/C13H20N2O4/c1-8-7-15(13(18)14-12(8)17)9(2)11-4-3-10(19-11)5-6-16/h7,9-11,16H,3-6H2,1-2H3,(H,14,17,18). The minimum Gasteiger partial charge on any atom is -0.396 e. The van der Waals surface area contributed by atoms with Crippen LogP contribution >= 0.6 is 0 Å². The molecular weight excluding hydrogens is 248 g/mol. The molecule has 2 N–H and O–H groups in total. The first kappa shape index (κ1) is 14.0. The Bertz CT molecular complexity index is 548. The average molecular weight is 268 g/mol. The van der Waals surface area contributed by atoms with Crippen molar-refractivity contribution in [1.82, 2.24) is 9.55 Å². The molecule has 3 unspecified atom stereocenters. The number of aliphatic hydroxyl groups excluding tert-OH is 1. The van der Waals surface area contributed by atoms with E-state index in [1.807, 2.05) is 6.92 Å². The normalized spacial score (nSPS) is 24.6. The lowest BCUT2D eigenvalue weighted by Gasteiger charge is -2.22. The van der Waals surface area contributed by atoms with Crippen molar-refractivity contribution in [1.29, 1.82) is 0 Å². The number of H-pyrrole nitrogens is 1. The molecule has 2 heterocycles. The van der Waals surface area contributed by atoms with Crippen LogP contribution in [0.25, 0.3) is 0 Å². The third-order valence-corrected chi connectivity index (χ3v) is 3.71. The molecule has 1 saturated heterocycles. The minimum absolute atomic E-state index is 0.0560. The summed E-state index contributed by atoms with van der Waals surface area (Å²) in [7, 11) is 0. The molecule has 0 bridgehead atoms. The Hall–Kier alpha value is -1.40. The highest BCUT2D eigenvalue weighted by Gasteiger charge is 2.30. The molecule has 1 aromatic rings. The van der Waals surface area contributed by atoms with Crippen LogP contribution in [0.4, 0.5) is 0 Å². The fourth-order valence-corrected chi connectivity index (χ4v) is 2.51. The fourth-order valence-electron chi connectivity index (χ4n) is 2.51. The van der Waals surface area contributed by atoms with Crippen molar-refractivity contribution in [2.45, 2.75) is 51.4 Å². The van der Waals surface area contributed by atoms with E-state index in [4.69, 9.17) is 9.84 Å². The van der Waals surface area contributed by atoms with E-state index >= 15 is 0 Å². The maximum Gasteiger partial charge on any atom is 0.328 e. The van der Waals surface area contributed by atoms with E-state index in [-0.39, 0.29) is 30.4 Å². The van der Waals surface area contributed by atoms with E-state index in [0.29, 0.717) is 12.0 Å². The van der Waals surface area contributed by atoms with E-state index in [1.54, 1.807) is 13.1 Å². The molecule has 0 saturated carbocycles. The number of nitrogens with one attached hydrogen (secondary N) is 1. The summed E-state index contributed by atoms with van der Waals surface area (Å²) < 4.78 is 7.35. The molecule has 0 aromatic carbocycles. The van der Waals surface area contributed by atoms with Crippen molar-refractivity contribution in [2.75, 3.05) is 6.61 Å². The molecule has 2 rings (SSSR count). The fraction of sp³-hybridized carbons (Fsp3) is 0.692. The largest absolute Gasteiger partial charge is 0.396 e. The number of aliphatic hydroxyl groups is 1. The molecule has 6 nitrogen and oxygen atoms in total. The topological polar surface area (TPSA) is 84.3 Å². The van der Waals surface area contributed by atoms with Gasteiger partial charge in [-0.25, -0.2) is 4.79 Å². The third kappa shape index (κ3) is 2.96. The summed E-state index contributed by atoms with van der Waals surface area (Å²) in [4.78, 5) is 25.5. The van der Waals surface area contributed by atoms with Crippen LogP contribution in [0.5, 0.6) is 0 Å². The Morgan fingerprint density at radius 2 is 2.26 bits per heavy atom. The monoisotopic (exact) mass is 268 g/mol. The first-order valence-electron chi connectivity index (χ1n) is 6.61. The first-order chi connectivity index (χ1) is 9.02. The summed E-state index contributed by atoms with van der Waals surface area (Å²) in [6.45, 7) is 3.69. The summed E-state index contributed by atoms with van der Waals surface area (Å²) in [6.07, 6.45) is 3.97. The molecule has 0 aliphatic carbocycles. The summed E-state index contributed by atoms with van der Waals surface area (Å²) in [5, 5.41) is 8.90. The number of nitrogens with zero attached hydrogens (tertiary/aromatic N) is 1. The second-order valence-corrected chi connectivity index (χ2v) is 5.11. The van der Waals surface area contributed by atoms with Gasteiger partial charge in [-0.1, -0.05) is 0 Å². The molecule has 0 amide bonds. The zero-order valence-corrected chi connectivity index (χ0v) is 11.3. The van der Waals surface area contributed by atoms with Gasteiger partial charge in [0.15, 0.2) is 0 Å². The van der Waals surface area contributed by atoms with Crippen molar-refractivity contribution in [3.05, 3.63) is 32.6 Å². The highest BCUT2D eigenvalue weighted by atomic mass is 16.5. The highest BCUT2D eigenvalue weighted by molar-refractivity contribution is 5.02. The van der Waals surface area contributed by atoms with Crippen LogP contribution in [0, 0.1) is 6.92 Å². The predicted octanol–water partition coefficient (Wildman–Crippen LogP) is 0.336. The van der Waals surface area contributed by atoms with Gasteiger partial charge in [-0.2, -0.15) is 0 Å². The van der Waals surface area contributed by atoms with Gasteiger partial charge in [0.05, 0.1) is 18.2 Å². The van der Waals surface area contributed by atoms with Gasteiger partial charge in [0.25, 0.3) is 5.56 Å². The summed E-state index contributed by atoms with van der Waals surface area (Å²) in [6, 6.07) is -0.133. The molecule has 0 radical (unpaired) electrons. The number of ether oxygens (including phenoxy) is 1. The van der Waals surface area contributed by atoms with Crippen molar-refractivity contribution in [3.8, 4) is 0 Å². The van der Waals surface area contributed by atoms with Gasteiger partial charge in [-0.15, -0.1) is 0 Å². The average Bonchev–Trinajstić information content (AvgIpc) is 2.82. The van der Waals surface area contributed by atoms with Crippen LogP contribution in [0.15, 0.2) is 15.8 Å². The van der Waals surface area contributed by atoms with Crippen molar-refractivity contribution >= 4 is 0 Å². The van der Waals surface area contributed by atoms with Crippen molar-refractivity contribution in [2.24, 2.45) is 0 Å². The number of rotatable bonds is 4. The lowest BCUT2D eigenvalue weighted by Crippen LogP contribution is -2.36. The molecule has 3 atom stereocenters. The van der Waals surface area contributed by atoms with Gasteiger partial charge in [-0.05, 0) is 33.1 Å². The van der Waals surface area contributed by atoms with E-state index in [9.17, 15) is 9.59 Å². The first-order valence-corrected chi connectivity index (χ1v) is 6.61. The zero-order valence-electron chi connectivity index (χ0n) is 11.3. The summed E-state index contributed by atoms with van der Waals surface area (Å²) >= 11 is 0. The third-order valence-electron chi connectivity index (χ3n) is 3.71. The van der Waals surface area contributed by atoms with Crippen LogP contribution in [0.2, 0.25) is 0 Å². The Morgan fingerprint density at radius 3 is 2.95 bits per heavy atom. The second kappa shape index (κ2) is 5.71. The highest BCUT2D eigenvalue weighted by Crippen LogP contribution is 2.28. The van der Waals surface area contributed by atoms with E-state index in [1.165, 1.54) is 4.57 Å². The minimum atomic E-state index is -0.405. The maximum absolute atomic E-state index is 11.8. The molecule has 1 aliphatic rings. The van der Waals surface area contributed by atoms with Gasteiger partial charge in [0, 0.05) is 18.4 Å². The lowest BCUT2D eigenvalue weighted by molar-refractivity contribution is 0.00680. The van der Waals surface area contributed by atoms with Crippen molar-refractivity contribution in [3.63, 3.8) is 0 Å². The second-order valence-electron chi connectivity index (χ2n) is 5.11. The Morgan fingerprint density at radius 1 is 1.53 bits per heavy atom. The number of aromatic nitrogens is 2. The SMILES string of the molecule is Cc1cn(C(C)C2CCC(CCO)O2)c(=O)[nH]c1=O. The number of hydrogen-bond donors (Lipinski definition) is 2. The van der Waals surface area contributed by atoms with Gasteiger partial charge in [0.2, 0.25) is 0 Å². The summed E-state index contributed by atoms with van der Waals surface area (Å²) in [5.74, 6) is 0. The number of hydrogen-bond acceptors (Lipinski definition) is 4. The Kier molecular flexibility index (Phi) is 4.21. The quantitative estimate of drug-likeness (QED) is 0.824. The molecule has 0 spiro atoms. The number of aromatic amines is 1. The van der Waals surface area contributed by atoms with E-state index in [0.717, 1.165) is 12.8 Å². The van der Waals surface area contributed by atoms with Crippen LogP contribution in [-0.4, -0.2) is 33.5 Å². The molecule has 1 aliphatic heterocycles. The van der Waals surface area contributed by atoms with E-state index < -0.39 is 5.69 Å². The predicted molar refractivity (Wildman–Crippen MR) is 70.4 cm³/mol. The number of aryl methyl sites for hydroxylation is 1. The van der Waals surface area contributed by atoms with Gasteiger partial charge in [-0.3, -0.25) is 14.3 Å². The van der Waals surface area contributed by atoms with Crippen molar-refractivity contribution < 1.29 is 9.84 Å². The van der Waals surface area contributed by atoms with Crippen LogP contribution in [-0.2, 0) is 4.74 Å². The van der Waals surface area contributed by atoms with Gasteiger partial charge in [0.1, 0.15) is 0 Å². The molecule has 19 heavy (non-hydrogen) atoms. The van der Waals surface area contributed by atoms with Gasteiger partial charge < -0.3 is 9.84 Å². The van der Waals surface area contributed by atoms with Crippen LogP contribution in [0.1, 0.15) is 37.8 Å². The Labute approximate surface area is 111 Å². The van der Waals surface area contributed by atoms with Crippen LogP contribution in [0.3, 0.4) is 0 Å². The molecule has 1 aromatic heterocycles. The molecular formula is C13H20N2O4. The van der Waals surface area contributed by atoms with Crippen LogP contribution < -0.4 is 11.2 Å². The Balaban J connectivity index is 2.17. The maximum atomic E-state index is 11.8. The molecule has 6 heteroatoms.